The molecule has 3 N–H and O–H groups in total. The summed E-state index contributed by atoms with van der Waals surface area (Å²) in [4.78, 5) is 23.5. The van der Waals surface area contributed by atoms with Gasteiger partial charge in [-0.25, -0.2) is 0 Å². The zero-order valence-corrected chi connectivity index (χ0v) is 14.1. The second-order valence-corrected chi connectivity index (χ2v) is 6.46. The lowest BCUT2D eigenvalue weighted by Gasteiger charge is -2.12. The topological polar surface area (TPSA) is 70.2 Å². The molecule has 0 atom stereocenters. The van der Waals surface area contributed by atoms with Gasteiger partial charge in [0, 0.05) is 12.1 Å². The number of hydrogen-bond acceptors (Lipinski definition) is 3. The molecule has 1 fully saturated rings. The normalized spacial score (nSPS) is 14.5. The average Bonchev–Trinajstić information content (AvgIpc) is 3.03. The van der Waals surface area contributed by atoms with Crippen molar-refractivity contribution in [2.24, 2.45) is 5.92 Å². The van der Waals surface area contributed by atoms with E-state index in [-0.39, 0.29) is 18.4 Å². The van der Waals surface area contributed by atoms with Crippen molar-refractivity contribution in [3.05, 3.63) is 29.3 Å². The van der Waals surface area contributed by atoms with Crippen LogP contribution in [-0.4, -0.2) is 18.4 Å². The summed E-state index contributed by atoms with van der Waals surface area (Å²) in [6.07, 6.45) is 6.44. The molecule has 0 saturated heterocycles. The van der Waals surface area contributed by atoms with Gasteiger partial charge in [0.1, 0.15) is 0 Å². The molecule has 1 aliphatic rings. The van der Waals surface area contributed by atoms with Gasteiger partial charge < -0.3 is 5.32 Å². The highest BCUT2D eigenvalue weighted by Crippen LogP contribution is 2.28. The predicted octanol–water partition coefficient (Wildman–Crippen LogP) is 2.83. The molecule has 0 aromatic heterocycles. The van der Waals surface area contributed by atoms with E-state index in [4.69, 9.17) is 0 Å². The molecule has 23 heavy (non-hydrogen) atoms. The summed E-state index contributed by atoms with van der Waals surface area (Å²) in [6, 6.07) is 6.02. The van der Waals surface area contributed by atoms with Crippen LogP contribution in [-0.2, 0) is 9.59 Å². The fraction of sp³-hybridized carbons (Fsp3) is 0.556. The Balaban J connectivity index is 1.63. The molecule has 2 rings (SSSR count). The molecule has 0 heterocycles. The molecule has 1 aliphatic carbocycles. The van der Waals surface area contributed by atoms with Crippen LogP contribution in [0.4, 0.5) is 5.69 Å². The van der Waals surface area contributed by atoms with Crippen LogP contribution in [0.5, 0.6) is 0 Å². The lowest BCUT2D eigenvalue weighted by Crippen LogP contribution is -2.44. The van der Waals surface area contributed by atoms with E-state index < -0.39 is 0 Å². The molecule has 1 aromatic carbocycles. The van der Waals surface area contributed by atoms with E-state index in [0.717, 1.165) is 17.7 Å². The summed E-state index contributed by atoms with van der Waals surface area (Å²) in [5, 5.41) is 3.08. The highest BCUT2D eigenvalue weighted by Gasteiger charge is 2.16. The third-order valence-corrected chi connectivity index (χ3v) is 4.42. The number of aryl methyl sites for hydroxylation is 2. The number of anilines is 1. The number of amides is 2. The van der Waals surface area contributed by atoms with Crippen LogP contribution in [0.2, 0.25) is 0 Å². The number of carbonyl (C=O) groups excluding carboxylic acids is 2. The summed E-state index contributed by atoms with van der Waals surface area (Å²) >= 11 is 0. The third-order valence-electron chi connectivity index (χ3n) is 4.42. The Bertz CT molecular complexity index is 551. The van der Waals surface area contributed by atoms with Crippen molar-refractivity contribution in [3.63, 3.8) is 0 Å². The monoisotopic (exact) mass is 317 g/mol. The Morgan fingerprint density at radius 3 is 2.48 bits per heavy atom. The van der Waals surface area contributed by atoms with Gasteiger partial charge in [0.15, 0.2) is 0 Å². The molecule has 1 aromatic rings. The van der Waals surface area contributed by atoms with E-state index in [0.29, 0.717) is 12.3 Å². The summed E-state index contributed by atoms with van der Waals surface area (Å²) < 4.78 is 0. The molecule has 0 aliphatic heterocycles. The van der Waals surface area contributed by atoms with Gasteiger partial charge >= 0.3 is 0 Å². The Kier molecular flexibility index (Phi) is 6.44. The number of hydrogen-bond donors (Lipinski definition) is 3. The minimum absolute atomic E-state index is 0.114. The van der Waals surface area contributed by atoms with Crippen molar-refractivity contribution in [2.75, 3.05) is 11.9 Å². The first-order valence-electron chi connectivity index (χ1n) is 8.43. The van der Waals surface area contributed by atoms with Crippen molar-refractivity contribution < 1.29 is 9.59 Å². The molecule has 2 amide bonds. The number of benzene rings is 1. The maximum atomic E-state index is 11.8. The quantitative estimate of drug-likeness (QED) is 0.707. The Morgan fingerprint density at radius 2 is 1.78 bits per heavy atom. The largest absolute Gasteiger partial charge is 0.376 e. The van der Waals surface area contributed by atoms with E-state index in [1.165, 1.54) is 31.2 Å². The lowest BCUT2D eigenvalue weighted by molar-refractivity contribution is -0.128. The lowest BCUT2D eigenvalue weighted by atomic mass is 10.0. The van der Waals surface area contributed by atoms with E-state index in [9.17, 15) is 9.59 Å². The Morgan fingerprint density at radius 1 is 1.09 bits per heavy atom. The van der Waals surface area contributed by atoms with Gasteiger partial charge in [0.05, 0.1) is 6.54 Å². The molecule has 5 nitrogen and oxygen atoms in total. The van der Waals surface area contributed by atoms with E-state index in [2.05, 4.69) is 22.2 Å². The number of nitrogens with one attached hydrogen (secondary N) is 3. The minimum atomic E-state index is -0.251. The molecule has 0 spiro atoms. The molecular weight excluding hydrogens is 290 g/mol. The first kappa shape index (κ1) is 17.3. The maximum absolute atomic E-state index is 11.8. The van der Waals surface area contributed by atoms with Crippen molar-refractivity contribution in [1.29, 1.82) is 0 Å². The fourth-order valence-electron chi connectivity index (χ4n) is 3.07. The van der Waals surface area contributed by atoms with E-state index >= 15 is 0 Å². The first-order valence-corrected chi connectivity index (χ1v) is 8.43. The molecule has 126 valence electrons. The predicted molar refractivity (Wildman–Crippen MR) is 91.9 cm³/mol. The summed E-state index contributed by atoms with van der Waals surface area (Å²) in [6.45, 7) is 4.16. The summed E-state index contributed by atoms with van der Waals surface area (Å²) in [5.41, 5.74) is 8.16. The second-order valence-electron chi connectivity index (χ2n) is 6.46. The number of rotatable bonds is 6. The molecule has 5 heteroatoms. The van der Waals surface area contributed by atoms with Crippen molar-refractivity contribution in [1.82, 2.24) is 10.9 Å². The molecule has 1 saturated carbocycles. The first-order chi connectivity index (χ1) is 11.0. The molecule has 0 radical (unpaired) electrons. The summed E-state index contributed by atoms with van der Waals surface area (Å²) in [5.74, 6) is 0.318. The van der Waals surface area contributed by atoms with Crippen LogP contribution >= 0.6 is 0 Å². The smallest absolute Gasteiger partial charge is 0.257 e. The third kappa shape index (κ3) is 5.93. The summed E-state index contributed by atoms with van der Waals surface area (Å²) in [7, 11) is 0. The highest BCUT2D eigenvalue weighted by molar-refractivity contribution is 5.84. The number of hydrazine groups is 1. The molecule has 0 bridgehead atoms. The van der Waals surface area contributed by atoms with Crippen LogP contribution in [0.25, 0.3) is 0 Å². The highest BCUT2D eigenvalue weighted by atomic mass is 16.2. The van der Waals surface area contributed by atoms with Crippen LogP contribution in [0.3, 0.4) is 0 Å². The van der Waals surface area contributed by atoms with Crippen LogP contribution in [0, 0.1) is 19.8 Å². The maximum Gasteiger partial charge on any atom is 0.257 e. The van der Waals surface area contributed by atoms with E-state index in [1.807, 2.05) is 26.0 Å². The van der Waals surface area contributed by atoms with Gasteiger partial charge in [-0.15, -0.1) is 0 Å². The van der Waals surface area contributed by atoms with Crippen molar-refractivity contribution in [3.8, 4) is 0 Å². The average molecular weight is 317 g/mol. The van der Waals surface area contributed by atoms with Crippen LogP contribution in [0.15, 0.2) is 18.2 Å². The standard InChI is InChI=1S/C18H27N3O2/c1-13-7-9-16(14(2)11-13)19-12-18(23)21-20-17(22)10-8-15-5-3-4-6-15/h7,9,11,15,19H,3-6,8,10,12H2,1-2H3,(H,20,22)(H,21,23). The van der Waals surface area contributed by atoms with Crippen molar-refractivity contribution >= 4 is 17.5 Å². The Labute approximate surface area is 138 Å². The van der Waals surface area contributed by atoms with E-state index in [1.54, 1.807) is 0 Å². The number of carbonyl (C=O) groups is 2. The zero-order chi connectivity index (χ0) is 16.7. The van der Waals surface area contributed by atoms with Gasteiger partial charge in [-0.05, 0) is 37.8 Å². The van der Waals surface area contributed by atoms with Gasteiger partial charge in [-0.3, -0.25) is 20.4 Å². The van der Waals surface area contributed by atoms with Gasteiger partial charge in [-0.1, -0.05) is 43.4 Å². The fourth-order valence-corrected chi connectivity index (χ4v) is 3.07. The van der Waals surface area contributed by atoms with Gasteiger partial charge in [-0.2, -0.15) is 0 Å². The van der Waals surface area contributed by atoms with Crippen molar-refractivity contribution in [2.45, 2.75) is 52.4 Å². The Hall–Kier alpha value is -2.04. The van der Waals surface area contributed by atoms with Crippen LogP contribution < -0.4 is 16.2 Å². The van der Waals surface area contributed by atoms with Crippen LogP contribution in [0.1, 0.15) is 49.7 Å². The minimum Gasteiger partial charge on any atom is -0.376 e. The van der Waals surface area contributed by atoms with Gasteiger partial charge in [0.2, 0.25) is 5.91 Å². The molecule has 0 unspecified atom stereocenters. The van der Waals surface area contributed by atoms with Gasteiger partial charge in [0.25, 0.3) is 5.91 Å². The molecular formula is C18H27N3O2. The zero-order valence-electron chi connectivity index (χ0n) is 14.1. The SMILES string of the molecule is Cc1ccc(NCC(=O)NNC(=O)CCC2CCCC2)c(C)c1. The second kappa shape index (κ2) is 8.56.